The van der Waals surface area contributed by atoms with Gasteiger partial charge in [-0.3, -0.25) is 13.9 Å². The molecule has 7 nitrogen and oxygen atoms in total. The molecule has 2 atom stereocenters. The fourth-order valence-corrected chi connectivity index (χ4v) is 5.79. The van der Waals surface area contributed by atoms with Crippen LogP contribution in [0.4, 0.5) is 5.69 Å². The monoisotopic (exact) mass is 563 g/mol. The Labute approximate surface area is 239 Å². The zero-order valence-electron chi connectivity index (χ0n) is 24.3. The van der Waals surface area contributed by atoms with Crippen molar-refractivity contribution in [3.63, 3.8) is 0 Å². The summed E-state index contributed by atoms with van der Waals surface area (Å²) < 4.78 is 29.1. The van der Waals surface area contributed by atoms with Crippen LogP contribution in [0, 0.1) is 20.8 Å². The zero-order chi connectivity index (χ0) is 29.4. The van der Waals surface area contributed by atoms with E-state index in [0.717, 1.165) is 33.0 Å². The van der Waals surface area contributed by atoms with Crippen LogP contribution in [0.2, 0.25) is 0 Å². The molecule has 0 aliphatic rings. The van der Waals surface area contributed by atoms with Crippen molar-refractivity contribution in [3.8, 4) is 0 Å². The molecule has 0 fully saturated rings. The molecule has 0 unspecified atom stereocenters. The number of carbonyl (C=O) groups excluding carboxylic acids is 2. The average Bonchev–Trinajstić information content (AvgIpc) is 2.93. The number of sulfonamides is 1. The van der Waals surface area contributed by atoms with E-state index < -0.39 is 28.5 Å². The lowest BCUT2D eigenvalue weighted by atomic mass is 10.1. The summed E-state index contributed by atoms with van der Waals surface area (Å²) in [6.07, 6.45) is 1.14. The minimum Gasteiger partial charge on any atom is -0.352 e. The summed E-state index contributed by atoms with van der Waals surface area (Å²) in [4.78, 5) is 29.0. The highest BCUT2D eigenvalue weighted by atomic mass is 32.2. The minimum atomic E-state index is -4.09. The van der Waals surface area contributed by atoms with Gasteiger partial charge in [0.05, 0.1) is 10.6 Å². The molecule has 8 heteroatoms. The fraction of sp³-hybridized carbons (Fsp3) is 0.375. The Balaban J connectivity index is 2.07. The van der Waals surface area contributed by atoms with Crippen LogP contribution in [0.5, 0.6) is 0 Å². The summed E-state index contributed by atoms with van der Waals surface area (Å²) in [5.74, 6) is -0.704. The second-order valence-electron chi connectivity index (χ2n) is 10.3. The molecule has 3 aromatic rings. The molecule has 3 aromatic carbocycles. The Kier molecular flexibility index (Phi) is 10.5. The predicted molar refractivity (Wildman–Crippen MR) is 161 cm³/mol. The van der Waals surface area contributed by atoms with Gasteiger partial charge in [0.1, 0.15) is 12.6 Å². The van der Waals surface area contributed by atoms with Crippen molar-refractivity contribution in [1.82, 2.24) is 10.2 Å². The molecule has 0 aliphatic heterocycles. The maximum Gasteiger partial charge on any atom is 0.264 e. The smallest absolute Gasteiger partial charge is 0.264 e. The Morgan fingerprint density at radius 2 is 1.50 bits per heavy atom. The molecular weight excluding hydrogens is 522 g/mol. The van der Waals surface area contributed by atoms with E-state index in [9.17, 15) is 18.0 Å². The third-order valence-electron chi connectivity index (χ3n) is 7.25. The SMILES string of the molecule is CC[C@@H](C)NC(=O)[C@@H](CC)N(Cc1ccccc1)C(=O)CN(c1ccc(C)c(C)c1)S(=O)(=O)c1ccc(C)cc1. The summed E-state index contributed by atoms with van der Waals surface area (Å²) in [6.45, 7) is 11.2. The van der Waals surface area contributed by atoms with Gasteiger partial charge in [0.15, 0.2) is 0 Å². The highest BCUT2D eigenvalue weighted by Gasteiger charge is 2.34. The third kappa shape index (κ3) is 7.50. The Morgan fingerprint density at radius 1 is 0.850 bits per heavy atom. The number of carbonyl (C=O) groups is 2. The first-order valence-corrected chi connectivity index (χ1v) is 15.2. The van der Waals surface area contributed by atoms with Crippen LogP contribution in [0.1, 0.15) is 55.9 Å². The van der Waals surface area contributed by atoms with Crippen molar-refractivity contribution in [2.24, 2.45) is 0 Å². The summed E-state index contributed by atoms with van der Waals surface area (Å²) in [5, 5.41) is 3.00. The maximum atomic E-state index is 14.1. The Hall–Kier alpha value is -3.65. The standard InChI is InChI=1S/C32H41N3O4S/c1-7-26(6)33-32(37)30(8-2)34(21-27-12-10-9-11-13-27)31(36)22-35(28-17-16-24(4)25(5)20-28)40(38,39)29-18-14-23(3)15-19-29/h9-20,26,30H,7-8,21-22H2,1-6H3,(H,33,37)/t26-,30-/m1/s1. The molecule has 0 aromatic heterocycles. The number of nitrogens with one attached hydrogen (secondary N) is 1. The summed E-state index contributed by atoms with van der Waals surface area (Å²) in [6, 6.07) is 20.5. The molecule has 3 rings (SSSR count). The van der Waals surface area contributed by atoms with E-state index in [4.69, 9.17) is 0 Å². The Bertz CT molecular complexity index is 1410. The first kappa shape index (κ1) is 30.9. The largest absolute Gasteiger partial charge is 0.352 e. The first-order valence-electron chi connectivity index (χ1n) is 13.8. The van der Waals surface area contributed by atoms with E-state index in [2.05, 4.69) is 5.32 Å². The van der Waals surface area contributed by atoms with Gasteiger partial charge in [-0.1, -0.05) is 67.9 Å². The molecule has 2 amide bonds. The van der Waals surface area contributed by atoms with Gasteiger partial charge in [0.25, 0.3) is 10.0 Å². The van der Waals surface area contributed by atoms with Crippen LogP contribution < -0.4 is 9.62 Å². The lowest BCUT2D eigenvalue weighted by Gasteiger charge is -2.34. The highest BCUT2D eigenvalue weighted by Crippen LogP contribution is 2.27. The van der Waals surface area contributed by atoms with Gasteiger partial charge in [-0.05, 0) is 81.5 Å². The molecule has 0 spiro atoms. The maximum absolute atomic E-state index is 14.1. The van der Waals surface area contributed by atoms with Crippen LogP contribution >= 0.6 is 0 Å². The van der Waals surface area contributed by atoms with Crippen molar-refractivity contribution < 1.29 is 18.0 Å². The molecule has 214 valence electrons. The normalized spacial score (nSPS) is 12.8. The summed E-state index contributed by atoms with van der Waals surface area (Å²) in [5.41, 5.74) is 4.11. The van der Waals surface area contributed by atoms with Gasteiger partial charge < -0.3 is 10.2 Å². The molecule has 0 radical (unpaired) electrons. The van der Waals surface area contributed by atoms with Crippen LogP contribution in [0.3, 0.4) is 0 Å². The van der Waals surface area contributed by atoms with E-state index in [-0.39, 0.29) is 23.4 Å². The number of hydrogen-bond acceptors (Lipinski definition) is 4. The summed E-state index contributed by atoms with van der Waals surface area (Å²) >= 11 is 0. The van der Waals surface area contributed by atoms with Crippen molar-refractivity contribution in [1.29, 1.82) is 0 Å². The van der Waals surface area contributed by atoms with Gasteiger partial charge in [-0.2, -0.15) is 0 Å². The number of benzene rings is 3. The molecule has 0 heterocycles. The van der Waals surface area contributed by atoms with Gasteiger partial charge in [-0.25, -0.2) is 8.42 Å². The van der Waals surface area contributed by atoms with Crippen molar-refractivity contribution in [3.05, 3.63) is 95.1 Å². The quantitative estimate of drug-likeness (QED) is 0.314. The summed E-state index contributed by atoms with van der Waals surface area (Å²) in [7, 11) is -4.09. The second kappa shape index (κ2) is 13.6. The van der Waals surface area contributed by atoms with Crippen molar-refractivity contribution in [2.75, 3.05) is 10.8 Å². The third-order valence-corrected chi connectivity index (χ3v) is 9.04. The minimum absolute atomic E-state index is 0.0517. The van der Waals surface area contributed by atoms with Crippen molar-refractivity contribution >= 4 is 27.5 Å². The van der Waals surface area contributed by atoms with Crippen LogP contribution in [0.25, 0.3) is 0 Å². The van der Waals surface area contributed by atoms with E-state index >= 15 is 0 Å². The molecular formula is C32H41N3O4S. The molecule has 0 saturated heterocycles. The number of aryl methyl sites for hydroxylation is 3. The lowest BCUT2D eigenvalue weighted by Crippen LogP contribution is -2.53. The van der Waals surface area contributed by atoms with Crippen LogP contribution in [-0.2, 0) is 26.2 Å². The van der Waals surface area contributed by atoms with Gasteiger partial charge in [0, 0.05) is 12.6 Å². The predicted octanol–water partition coefficient (Wildman–Crippen LogP) is 5.53. The molecule has 1 N–H and O–H groups in total. The van der Waals surface area contributed by atoms with E-state index in [1.165, 1.54) is 4.90 Å². The van der Waals surface area contributed by atoms with Crippen LogP contribution in [0.15, 0.2) is 77.7 Å². The zero-order valence-corrected chi connectivity index (χ0v) is 25.2. The average molecular weight is 564 g/mol. The molecule has 0 aliphatic carbocycles. The lowest BCUT2D eigenvalue weighted by molar-refractivity contribution is -0.140. The topological polar surface area (TPSA) is 86.8 Å². The number of anilines is 1. The van der Waals surface area contributed by atoms with Crippen molar-refractivity contribution in [2.45, 2.75) is 77.9 Å². The highest BCUT2D eigenvalue weighted by molar-refractivity contribution is 7.92. The number of rotatable bonds is 12. The van der Waals surface area contributed by atoms with E-state index in [0.29, 0.717) is 12.1 Å². The molecule has 40 heavy (non-hydrogen) atoms. The van der Waals surface area contributed by atoms with Gasteiger partial charge >= 0.3 is 0 Å². The fourth-order valence-electron chi connectivity index (χ4n) is 4.39. The first-order chi connectivity index (χ1) is 19.0. The van der Waals surface area contributed by atoms with E-state index in [1.54, 1.807) is 36.4 Å². The molecule has 0 saturated carbocycles. The van der Waals surface area contributed by atoms with Crippen LogP contribution in [-0.4, -0.2) is 43.8 Å². The second-order valence-corrected chi connectivity index (χ2v) is 12.2. The Morgan fingerprint density at radius 3 is 2.08 bits per heavy atom. The number of amides is 2. The number of hydrogen-bond donors (Lipinski definition) is 1. The van der Waals surface area contributed by atoms with E-state index in [1.807, 2.05) is 77.9 Å². The van der Waals surface area contributed by atoms with Gasteiger partial charge in [0.2, 0.25) is 11.8 Å². The molecule has 0 bridgehead atoms. The van der Waals surface area contributed by atoms with Gasteiger partial charge in [-0.15, -0.1) is 0 Å². The number of nitrogens with zero attached hydrogens (tertiary/aromatic N) is 2.